The highest BCUT2D eigenvalue weighted by atomic mass is 16.7. The Kier molecular flexibility index (Phi) is 3.97. The second-order valence-corrected chi connectivity index (χ2v) is 1.74. The van der Waals surface area contributed by atoms with Crippen molar-refractivity contribution in [1.29, 1.82) is 0 Å². The third-order valence-electron chi connectivity index (χ3n) is 0.773. The molecule has 0 radical (unpaired) electrons. The van der Waals surface area contributed by atoms with E-state index in [1.807, 2.05) is 0 Å². The van der Waals surface area contributed by atoms with E-state index < -0.39 is 5.97 Å². The van der Waals surface area contributed by atoms with Gasteiger partial charge in [0.05, 0.1) is 0 Å². The summed E-state index contributed by atoms with van der Waals surface area (Å²) in [5.41, 5.74) is 5.25. The molecule has 0 aliphatic heterocycles. The van der Waals surface area contributed by atoms with Crippen molar-refractivity contribution in [3.63, 3.8) is 0 Å². The van der Waals surface area contributed by atoms with Gasteiger partial charge < -0.3 is 10.6 Å². The number of hydrogen-bond acceptors (Lipinski definition) is 4. The minimum absolute atomic E-state index is 0.0253. The van der Waals surface area contributed by atoms with Crippen molar-refractivity contribution in [2.45, 2.75) is 13.8 Å². The molecule has 64 valence electrons. The molecule has 0 aromatic carbocycles. The number of nitrogens with zero attached hydrogens (tertiary/aromatic N) is 2. The van der Waals surface area contributed by atoms with Crippen LogP contribution in [0, 0.1) is 0 Å². The Labute approximate surface area is 64.7 Å². The Balaban J connectivity index is 3.92. The number of hydrazine groups is 1. The van der Waals surface area contributed by atoms with Gasteiger partial charge in [0.2, 0.25) is 5.96 Å². The molecule has 6 heteroatoms. The minimum Gasteiger partial charge on any atom is -0.366 e. The number of carbonyl (C=O) groups excluding carboxylic acids is 1. The van der Waals surface area contributed by atoms with E-state index in [2.05, 4.69) is 9.83 Å². The van der Waals surface area contributed by atoms with Gasteiger partial charge in [-0.15, -0.1) is 5.17 Å². The zero-order valence-corrected chi connectivity index (χ0v) is 6.57. The summed E-state index contributed by atoms with van der Waals surface area (Å²) in [5.74, 6) is 4.57. The molecule has 0 rings (SSSR count). The zero-order chi connectivity index (χ0) is 8.85. The van der Waals surface area contributed by atoms with Crippen LogP contribution in [0.15, 0.2) is 4.99 Å². The highest BCUT2D eigenvalue weighted by molar-refractivity contribution is 5.78. The molecule has 0 heterocycles. The van der Waals surface area contributed by atoms with Crippen LogP contribution < -0.4 is 11.6 Å². The highest BCUT2D eigenvalue weighted by Crippen LogP contribution is 1.82. The second-order valence-electron chi connectivity index (χ2n) is 1.74. The summed E-state index contributed by atoms with van der Waals surface area (Å²) in [4.78, 5) is 18.4. The fraction of sp³-hybridized carbons (Fsp3) is 0.600. The summed E-state index contributed by atoms with van der Waals surface area (Å²) in [5, 5.41) is 0.631. The van der Waals surface area contributed by atoms with E-state index in [-0.39, 0.29) is 5.96 Å². The van der Waals surface area contributed by atoms with Gasteiger partial charge in [-0.25, -0.2) is 15.6 Å². The largest absolute Gasteiger partial charge is 0.366 e. The molecule has 0 aliphatic carbocycles. The van der Waals surface area contributed by atoms with Crippen LogP contribution >= 0.6 is 0 Å². The summed E-state index contributed by atoms with van der Waals surface area (Å²) in [6, 6.07) is 0. The molecule has 0 fully saturated rings. The lowest BCUT2D eigenvalue weighted by molar-refractivity contribution is -0.170. The Morgan fingerprint density at radius 1 is 1.73 bits per heavy atom. The number of hydrogen-bond donors (Lipinski definition) is 2. The number of hydroxylamine groups is 1. The van der Waals surface area contributed by atoms with Crippen LogP contribution in [0.25, 0.3) is 0 Å². The van der Waals surface area contributed by atoms with E-state index in [1.54, 1.807) is 6.92 Å². The Morgan fingerprint density at radius 2 is 2.27 bits per heavy atom. The van der Waals surface area contributed by atoms with Crippen molar-refractivity contribution in [2.75, 3.05) is 6.54 Å². The molecule has 0 amide bonds. The molecule has 6 nitrogen and oxygen atoms in total. The van der Waals surface area contributed by atoms with Crippen molar-refractivity contribution in [3.8, 4) is 0 Å². The molecule has 0 bridgehead atoms. The molecule has 0 saturated carbocycles. The van der Waals surface area contributed by atoms with Crippen LogP contribution in [0.1, 0.15) is 13.8 Å². The average Bonchev–Trinajstić information content (AvgIpc) is 1.86. The monoisotopic (exact) mass is 160 g/mol. The standard InChI is InChI=1S/C5H12N4O2/c1-3-8-5(6)9(7)11-4(2)10/h3,7H2,1-2H3,(H2,6,8). The first-order valence-corrected chi connectivity index (χ1v) is 3.11. The third kappa shape index (κ3) is 4.15. The molecule has 0 saturated heterocycles. The maximum Gasteiger partial charge on any atom is 0.331 e. The van der Waals surface area contributed by atoms with E-state index >= 15 is 0 Å². The van der Waals surface area contributed by atoms with E-state index in [0.717, 1.165) is 0 Å². The van der Waals surface area contributed by atoms with Gasteiger partial charge in [0.15, 0.2) is 0 Å². The SMILES string of the molecule is CCN=C(N)N(N)OC(C)=O. The number of rotatable bonds is 1. The molecule has 0 aromatic rings. The molecular formula is C5H12N4O2. The molecule has 0 unspecified atom stereocenters. The van der Waals surface area contributed by atoms with Crippen molar-refractivity contribution < 1.29 is 9.63 Å². The lowest BCUT2D eigenvalue weighted by atomic mass is 10.8. The maximum atomic E-state index is 10.3. The Hall–Kier alpha value is -1.30. The third-order valence-corrected chi connectivity index (χ3v) is 0.773. The van der Waals surface area contributed by atoms with Gasteiger partial charge in [-0.1, -0.05) is 0 Å². The normalized spacial score (nSPS) is 11.0. The fourth-order valence-electron chi connectivity index (χ4n) is 0.417. The van der Waals surface area contributed by atoms with E-state index in [0.29, 0.717) is 11.7 Å². The van der Waals surface area contributed by atoms with Crippen molar-refractivity contribution in [2.24, 2.45) is 16.6 Å². The number of nitrogens with two attached hydrogens (primary N) is 2. The van der Waals surface area contributed by atoms with Crippen LogP contribution in [0.3, 0.4) is 0 Å². The van der Waals surface area contributed by atoms with Gasteiger partial charge in [-0.05, 0) is 6.92 Å². The first-order chi connectivity index (χ1) is 5.07. The van der Waals surface area contributed by atoms with Crippen molar-refractivity contribution in [1.82, 2.24) is 5.17 Å². The van der Waals surface area contributed by atoms with Gasteiger partial charge in [0.25, 0.3) is 0 Å². The summed E-state index contributed by atoms with van der Waals surface area (Å²) in [7, 11) is 0. The second kappa shape index (κ2) is 4.51. The Bertz CT molecular complexity index is 168. The molecule has 0 spiro atoms. The average molecular weight is 160 g/mol. The molecule has 0 atom stereocenters. The predicted molar refractivity (Wildman–Crippen MR) is 40.0 cm³/mol. The number of carbonyl (C=O) groups is 1. The quantitative estimate of drug-likeness (QED) is 0.221. The van der Waals surface area contributed by atoms with Crippen molar-refractivity contribution in [3.05, 3.63) is 0 Å². The molecule has 4 N–H and O–H groups in total. The predicted octanol–water partition coefficient (Wildman–Crippen LogP) is -1.03. The van der Waals surface area contributed by atoms with E-state index in [1.165, 1.54) is 6.92 Å². The van der Waals surface area contributed by atoms with Crippen LogP contribution in [-0.2, 0) is 9.63 Å². The molecular weight excluding hydrogens is 148 g/mol. The molecule has 0 aliphatic rings. The first kappa shape index (κ1) is 9.70. The van der Waals surface area contributed by atoms with Gasteiger partial charge in [-0.2, -0.15) is 0 Å². The zero-order valence-electron chi connectivity index (χ0n) is 6.57. The fourth-order valence-corrected chi connectivity index (χ4v) is 0.417. The number of guanidine groups is 1. The van der Waals surface area contributed by atoms with Gasteiger partial charge in [0.1, 0.15) is 0 Å². The first-order valence-electron chi connectivity index (χ1n) is 3.11. The minimum atomic E-state index is -0.540. The number of aliphatic imine (C=N–C) groups is 1. The lowest BCUT2D eigenvalue weighted by Gasteiger charge is -2.13. The van der Waals surface area contributed by atoms with Crippen LogP contribution in [0.2, 0.25) is 0 Å². The molecule has 0 aromatic heterocycles. The maximum absolute atomic E-state index is 10.3. The molecule has 11 heavy (non-hydrogen) atoms. The van der Waals surface area contributed by atoms with Gasteiger partial charge >= 0.3 is 5.97 Å². The highest BCUT2D eigenvalue weighted by Gasteiger charge is 2.04. The Morgan fingerprint density at radius 3 is 2.64 bits per heavy atom. The summed E-state index contributed by atoms with van der Waals surface area (Å²) < 4.78 is 0. The van der Waals surface area contributed by atoms with Crippen LogP contribution in [0.4, 0.5) is 0 Å². The van der Waals surface area contributed by atoms with E-state index in [9.17, 15) is 4.79 Å². The van der Waals surface area contributed by atoms with E-state index in [4.69, 9.17) is 11.6 Å². The smallest absolute Gasteiger partial charge is 0.331 e. The lowest BCUT2D eigenvalue weighted by Crippen LogP contribution is -2.43. The summed E-state index contributed by atoms with van der Waals surface area (Å²) in [6.07, 6.45) is 0. The van der Waals surface area contributed by atoms with Gasteiger partial charge in [-0.3, -0.25) is 0 Å². The van der Waals surface area contributed by atoms with Crippen molar-refractivity contribution >= 4 is 11.9 Å². The van der Waals surface area contributed by atoms with Crippen LogP contribution in [-0.4, -0.2) is 23.6 Å². The summed E-state index contributed by atoms with van der Waals surface area (Å²) in [6.45, 7) is 3.49. The topological polar surface area (TPSA) is 93.9 Å². The van der Waals surface area contributed by atoms with Gasteiger partial charge in [0, 0.05) is 13.5 Å². The van der Waals surface area contributed by atoms with Crippen LogP contribution in [0.5, 0.6) is 0 Å². The summed E-state index contributed by atoms with van der Waals surface area (Å²) >= 11 is 0.